The summed E-state index contributed by atoms with van der Waals surface area (Å²) >= 11 is 0. The molecule has 0 spiro atoms. The van der Waals surface area contributed by atoms with Gasteiger partial charge in [0.2, 0.25) is 0 Å². The number of para-hydroxylation sites is 4. The first-order valence-electron chi connectivity index (χ1n) is 25.7. The van der Waals surface area contributed by atoms with Crippen LogP contribution in [0.1, 0.15) is 30.5 Å². The number of nitrogens with zero attached hydrogens (tertiary/aromatic N) is 5. The van der Waals surface area contributed by atoms with E-state index in [1.807, 2.05) is 36.7 Å². The number of aliphatic imine (C=N–C) groups is 1. The maximum atomic E-state index is 5.05. The average molecular weight is 964 g/mol. The lowest BCUT2D eigenvalue weighted by atomic mass is 9.92. The smallest absolute Gasteiger partial charge is 0.146 e. The van der Waals surface area contributed by atoms with E-state index in [4.69, 9.17) is 19.9 Å². The highest BCUT2D eigenvalue weighted by Crippen LogP contribution is 2.36. The van der Waals surface area contributed by atoms with Gasteiger partial charge in [-0.3, -0.25) is 19.4 Å². The number of aromatic nitrogens is 4. The average Bonchev–Trinajstić information content (AvgIpc) is 3.91. The fourth-order valence-corrected chi connectivity index (χ4v) is 10.3. The molecule has 0 aliphatic heterocycles. The van der Waals surface area contributed by atoms with Gasteiger partial charge in [-0.15, -0.1) is 0 Å². The van der Waals surface area contributed by atoms with E-state index >= 15 is 0 Å². The van der Waals surface area contributed by atoms with Gasteiger partial charge in [-0.2, -0.15) is 0 Å². The molecule has 0 radical (unpaired) electrons. The molecule has 0 aliphatic carbocycles. The quantitative estimate of drug-likeness (QED) is 0.107. The number of hydrogen-bond donors (Lipinski definition) is 0. The highest BCUT2D eigenvalue weighted by molar-refractivity contribution is 6.14. The van der Waals surface area contributed by atoms with E-state index in [0.29, 0.717) is 0 Å². The third kappa shape index (κ3) is 9.28. The molecule has 0 saturated heterocycles. The molecule has 0 bridgehead atoms. The van der Waals surface area contributed by atoms with E-state index in [1.54, 1.807) is 0 Å². The molecular formula is C70H53N5. The van der Waals surface area contributed by atoms with Gasteiger partial charge in [0.1, 0.15) is 5.65 Å². The van der Waals surface area contributed by atoms with Crippen LogP contribution in [0.5, 0.6) is 0 Å². The minimum absolute atomic E-state index is 0.942. The molecule has 13 rings (SSSR count). The van der Waals surface area contributed by atoms with Gasteiger partial charge >= 0.3 is 0 Å². The van der Waals surface area contributed by atoms with Gasteiger partial charge in [-0.25, -0.2) is 4.98 Å². The van der Waals surface area contributed by atoms with Crippen LogP contribution in [-0.4, -0.2) is 25.1 Å². The van der Waals surface area contributed by atoms with Gasteiger partial charge in [0, 0.05) is 56.5 Å². The van der Waals surface area contributed by atoms with Crippen LogP contribution < -0.4 is 0 Å². The Kier molecular flexibility index (Phi) is 12.7. The molecule has 13 aromatic rings. The Bertz CT molecular complexity index is 4200. The summed E-state index contributed by atoms with van der Waals surface area (Å²) in [6.45, 7) is 6.40. The van der Waals surface area contributed by atoms with Gasteiger partial charge in [-0.05, 0) is 107 Å². The number of aryl methyl sites for hydroxylation is 2. The van der Waals surface area contributed by atoms with Crippen LogP contribution in [0.25, 0.3) is 105 Å². The summed E-state index contributed by atoms with van der Waals surface area (Å²) in [6.07, 6.45) is 4.98. The van der Waals surface area contributed by atoms with Gasteiger partial charge in [-0.1, -0.05) is 213 Å². The summed E-state index contributed by atoms with van der Waals surface area (Å²) in [5.74, 6) is 0. The maximum Gasteiger partial charge on any atom is 0.146 e. The highest BCUT2D eigenvalue weighted by Gasteiger charge is 2.17. The molecule has 358 valence electrons. The van der Waals surface area contributed by atoms with Gasteiger partial charge < -0.3 is 0 Å². The lowest BCUT2D eigenvalue weighted by Gasteiger charge is -2.15. The molecular weight excluding hydrogens is 911 g/mol. The summed E-state index contributed by atoms with van der Waals surface area (Å²) in [6, 6.07) is 85.1. The number of fused-ring (bicyclic) bond motifs is 8. The Morgan fingerprint density at radius 3 is 1.55 bits per heavy atom. The fourth-order valence-electron chi connectivity index (χ4n) is 10.3. The normalized spacial score (nSPS) is 11.5. The van der Waals surface area contributed by atoms with E-state index in [-0.39, 0.29) is 0 Å². The molecule has 0 unspecified atom stereocenters. The van der Waals surface area contributed by atoms with Crippen molar-refractivity contribution in [3.63, 3.8) is 0 Å². The first-order chi connectivity index (χ1) is 37.0. The Hall–Kier alpha value is -9.58. The summed E-state index contributed by atoms with van der Waals surface area (Å²) in [5, 5.41) is 3.40. The fraction of sp³-hybridized carbons (Fsp3) is 0.0571. The monoisotopic (exact) mass is 963 g/mol. The Morgan fingerprint density at radius 1 is 0.427 bits per heavy atom. The second-order valence-corrected chi connectivity index (χ2v) is 19.0. The summed E-state index contributed by atoms with van der Waals surface area (Å²) in [4.78, 5) is 19.9. The molecule has 0 N–H and O–H groups in total. The summed E-state index contributed by atoms with van der Waals surface area (Å²) in [5.41, 5.74) is 23.4. The molecule has 5 nitrogen and oxygen atoms in total. The van der Waals surface area contributed by atoms with Crippen molar-refractivity contribution in [1.29, 1.82) is 0 Å². The Balaban J connectivity index is 0.000000152. The molecule has 0 saturated carbocycles. The predicted octanol–water partition coefficient (Wildman–Crippen LogP) is 18.3. The van der Waals surface area contributed by atoms with Crippen LogP contribution in [0, 0.1) is 6.92 Å². The van der Waals surface area contributed by atoms with Crippen molar-refractivity contribution in [3.8, 4) is 67.0 Å². The van der Waals surface area contributed by atoms with Crippen LogP contribution in [0.4, 0.5) is 5.69 Å². The third-order valence-corrected chi connectivity index (χ3v) is 14.3. The van der Waals surface area contributed by atoms with Crippen molar-refractivity contribution in [2.45, 2.75) is 27.2 Å². The highest BCUT2D eigenvalue weighted by atomic mass is 15.0. The lowest BCUT2D eigenvalue weighted by Crippen LogP contribution is -2.02. The third-order valence-electron chi connectivity index (χ3n) is 14.3. The maximum absolute atomic E-state index is 5.05. The van der Waals surface area contributed by atoms with Crippen molar-refractivity contribution in [1.82, 2.24) is 19.4 Å². The molecule has 75 heavy (non-hydrogen) atoms. The SMILES string of the molecule is CCc1ccccc1-c1cnc(-c2ccc(-c3ccccc3)cc2)cc1C(C)=Nc1ccccc1C.c1ccc(-c2ccc(-c3ccc(-c4cc5c(cn4)c4ccccc4n4c6ccccc6nc54)cc3)cc2)cc1. The van der Waals surface area contributed by atoms with Crippen molar-refractivity contribution >= 4 is 49.8 Å². The molecule has 0 aliphatic rings. The molecule has 4 aromatic heterocycles. The predicted molar refractivity (Wildman–Crippen MR) is 315 cm³/mol. The zero-order valence-corrected chi connectivity index (χ0v) is 42.2. The number of rotatable bonds is 9. The summed E-state index contributed by atoms with van der Waals surface area (Å²) < 4.78 is 2.28. The van der Waals surface area contributed by atoms with E-state index in [0.717, 1.165) is 90.0 Å². The standard InChI is InChI=1S/C36H23N3.C34H30N2/c1-2-8-24(9-3-1)25-14-16-26(17-15-25)27-18-20-28(21-19-27)33-22-30-31(23-37-33)29-10-4-6-12-34(29)39-35-13-7-5-11-32(35)38-36(30)39;1-4-26-13-9-10-16-30(26)32-23-35-34(22-31(32)25(3)36-33-17-11-8-12-24(33)2)29-20-18-28(19-21-29)27-14-6-5-7-15-27/h1-23H;5-23H,4H2,1-3H3. The number of pyridine rings is 3. The Morgan fingerprint density at radius 2 is 0.920 bits per heavy atom. The molecule has 9 aromatic carbocycles. The van der Waals surface area contributed by atoms with Crippen LogP contribution in [-0.2, 0) is 6.42 Å². The van der Waals surface area contributed by atoms with Crippen molar-refractivity contribution in [2.24, 2.45) is 4.99 Å². The first kappa shape index (κ1) is 46.5. The number of hydrogen-bond acceptors (Lipinski definition) is 4. The van der Waals surface area contributed by atoms with E-state index in [9.17, 15) is 0 Å². The molecule has 4 heterocycles. The molecule has 0 atom stereocenters. The largest absolute Gasteiger partial charge is 0.292 e. The Labute approximate surface area is 437 Å². The van der Waals surface area contributed by atoms with E-state index < -0.39 is 0 Å². The van der Waals surface area contributed by atoms with Crippen LogP contribution in [0.2, 0.25) is 0 Å². The number of imidazole rings is 1. The van der Waals surface area contributed by atoms with Gasteiger partial charge in [0.05, 0.1) is 33.6 Å². The van der Waals surface area contributed by atoms with Crippen molar-refractivity contribution < 1.29 is 0 Å². The van der Waals surface area contributed by atoms with Crippen molar-refractivity contribution in [3.05, 3.63) is 272 Å². The second-order valence-electron chi connectivity index (χ2n) is 19.0. The zero-order valence-electron chi connectivity index (χ0n) is 42.2. The lowest BCUT2D eigenvalue weighted by molar-refractivity contribution is 1.14. The van der Waals surface area contributed by atoms with Crippen molar-refractivity contribution in [2.75, 3.05) is 0 Å². The minimum atomic E-state index is 0.942. The van der Waals surface area contributed by atoms with Gasteiger partial charge in [0.25, 0.3) is 0 Å². The zero-order chi connectivity index (χ0) is 50.7. The van der Waals surface area contributed by atoms with Crippen LogP contribution in [0.3, 0.4) is 0 Å². The minimum Gasteiger partial charge on any atom is -0.292 e. The van der Waals surface area contributed by atoms with E-state index in [1.165, 1.54) is 49.9 Å². The summed E-state index contributed by atoms with van der Waals surface area (Å²) in [7, 11) is 0. The molecule has 5 heteroatoms. The topological polar surface area (TPSA) is 55.4 Å². The van der Waals surface area contributed by atoms with E-state index in [2.05, 4.69) is 244 Å². The molecule has 0 amide bonds. The second kappa shape index (κ2) is 20.5. The van der Waals surface area contributed by atoms with Crippen LogP contribution in [0.15, 0.2) is 260 Å². The van der Waals surface area contributed by atoms with Gasteiger partial charge in [0.15, 0.2) is 0 Å². The number of benzene rings is 9. The molecule has 0 fully saturated rings. The van der Waals surface area contributed by atoms with Crippen LogP contribution >= 0.6 is 0 Å². The first-order valence-corrected chi connectivity index (χ1v) is 25.7.